The summed E-state index contributed by atoms with van der Waals surface area (Å²) in [6.07, 6.45) is 19.8. The molecule has 0 heterocycles. The minimum Gasteiger partial charge on any atom is -0.0654 e. The van der Waals surface area contributed by atoms with Gasteiger partial charge in [0.05, 0.1) is 0 Å². The summed E-state index contributed by atoms with van der Waals surface area (Å²) in [5, 5.41) is 0. The van der Waals surface area contributed by atoms with Gasteiger partial charge in [0.1, 0.15) is 0 Å². The fourth-order valence-electron chi connectivity index (χ4n) is 2.75. The normalized spacial score (nSPS) is 12.8. The van der Waals surface area contributed by atoms with E-state index in [1.165, 1.54) is 83.5 Å². The van der Waals surface area contributed by atoms with Gasteiger partial charge in [-0.3, -0.25) is 0 Å². The van der Waals surface area contributed by atoms with Crippen molar-refractivity contribution in [2.45, 2.75) is 104 Å². The molecule has 0 saturated heterocycles. The van der Waals surface area contributed by atoms with Crippen molar-refractivity contribution in [3.05, 3.63) is 6.92 Å². The molecule has 0 spiro atoms. The van der Waals surface area contributed by atoms with Crippen LogP contribution in [0, 0.1) is 12.8 Å². The predicted octanol–water partition coefficient (Wildman–Crippen LogP) is 6.94. The maximum Gasteiger partial charge on any atom is -0.0414 e. The average molecular weight is 253 g/mol. The second-order valence-corrected chi connectivity index (χ2v) is 5.91. The number of unbranched alkanes of at least 4 members (excludes halogenated alkanes) is 8. The summed E-state index contributed by atoms with van der Waals surface area (Å²) in [5.41, 5.74) is 0. The molecule has 0 aromatic carbocycles. The molecule has 0 aliphatic rings. The summed E-state index contributed by atoms with van der Waals surface area (Å²) < 4.78 is 0. The molecule has 0 aromatic rings. The first kappa shape index (κ1) is 18.0. The monoisotopic (exact) mass is 253 g/mol. The molecule has 0 rings (SSSR count). The van der Waals surface area contributed by atoms with E-state index in [9.17, 15) is 0 Å². The third kappa shape index (κ3) is 12.5. The van der Waals surface area contributed by atoms with Crippen LogP contribution >= 0.6 is 0 Å². The predicted molar refractivity (Wildman–Crippen MR) is 84.8 cm³/mol. The molecular weight excluding hydrogens is 216 g/mol. The largest absolute Gasteiger partial charge is 0.0654 e. The molecule has 0 fully saturated rings. The minimum absolute atomic E-state index is 1.02. The van der Waals surface area contributed by atoms with Crippen molar-refractivity contribution in [1.82, 2.24) is 0 Å². The Kier molecular flexibility index (Phi) is 15.1. The third-order valence-electron chi connectivity index (χ3n) is 4.04. The number of rotatable bonds is 14. The highest BCUT2D eigenvalue weighted by molar-refractivity contribution is 4.61. The van der Waals surface area contributed by atoms with Crippen molar-refractivity contribution in [2.24, 2.45) is 5.92 Å². The lowest BCUT2D eigenvalue weighted by Gasteiger charge is -2.16. The second kappa shape index (κ2) is 15.1. The minimum atomic E-state index is 1.02. The van der Waals surface area contributed by atoms with Gasteiger partial charge in [-0.2, -0.15) is 0 Å². The molecule has 1 unspecified atom stereocenters. The third-order valence-corrected chi connectivity index (χ3v) is 4.04. The first-order valence-electron chi connectivity index (χ1n) is 8.64. The van der Waals surface area contributed by atoms with Gasteiger partial charge in [-0.1, -0.05) is 111 Å². The van der Waals surface area contributed by atoms with Crippen LogP contribution in [-0.4, -0.2) is 0 Å². The molecule has 0 aliphatic heterocycles. The second-order valence-electron chi connectivity index (χ2n) is 5.91. The van der Waals surface area contributed by atoms with Crippen LogP contribution in [0.25, 0.3) is 0 Å². The van der Waals surface area contributed by atoms with Crippen molar-refractivity contribution in [3.8, 4) is 0 Å². The van der Waals surface area contributed by atoms with Crippen molar-refractivity contribution in [1.29, 1.82) is 0 Å². The molecule has 0 nitrogen and oxygen atoms in total. The molecule has 0 aliphatic carbocycles. The standard InChI is InChI=1S/C18H37/c1-4-7-10-12-14-17-18(15-9-6-3)16-13-11-8-5-2/h18H,2,4-17H2,1,3H3. The van der Waals surface area contributed by atoms with Gasteiger partial charge in [0.2, 0.25) is 0 Å². The lowest BCUT2D eigenvalue weighted by molar-refractivity contribution is 0.372. The molecule has 0 bridgehead atoms. The average Bonchev–Trinajstić information content (AvgIpc) is 2.39. The van der Waals surface area contributed by atoms with Gasteiger partial charge in [-0.05, 0) is 5.92 Å². The molecular formula is C18H37. The quantitative estimate of drug-likeness (QED) is 0.294. The fraction of sp³-hybridized carbons (Fsp3) is 0.944. The summed E-state index contributed by atoms with van der Waals surface area (Å²) in [6, 6.07) is 0. The van der Waals surface area contributed by atoms with E-state index >= 15 is 0 Å². The van der Waals surface area contributed by atoms with Gasteiger partial charge in [0.15, 0.2) is 0 Å². The Hall–Kier alpha value is 0. The first-order chi connectivity index (χ1) is 8.85. The Labute approximate surface area is 117 Å². The van der Waals surface area contributed by atoms with Crippen molar-refractivity contribution < 1.29 is 0 Å². The lowest BCUT2D eigenvalue weighted by atomic mass is 9.90. The lowest BCUT2D eigenvalue weighted by Crippen LogP contribution is -2.01. The zero-order chi connectivity index (χ0) is 13.5. The number of hydrogen-bond donors (Lipinski definition) is 0. The van der Waals surface area contributed by atoms with E-state index in [1.54, 1.807) is 0 Å². The summed E-state index contributed by atoms with van der Waals surface area (Å²) in [6.45, 7) is 8.55. The maximum atomic E-state index is 3.93. The first-order valence-corrected chi connectivity index (χ1v) is 8.64. The Morgan fingerprint density at radius 1 is 0.611 bits per heavy atom. The molecule has 0 heteroatoms. The Balaban J connectivity index is 3.56. The zero-order valence-electron chi connectivity index (χ0n) is 13.2. The summed E-state index contributed by atoms with van der Waals surface area (Å²) in [7, 11) is 0. The van der Waals surface area contributed by atoms with Crippen molar-refractivity contribution in [3.63, 3.8) is 0 Å². The van der Waals surface area contributed by atoms with E-state index in [2.05, 4.69) is 20.8 Å². The molecule has 1 atom stereocenters. The van der Waals surface area contributed by atoms with Crippen LogP contribution in [0.1, 0.15) is 104 Å². The maximum absolute atomic E-state index is 3.93. The van der Waals surface area contributed by atoms with Gasteiger partial charge >= 0.3 is 0 Å². The van der Waals surface area contributed by atoms with E-state index in [-0.39, 0.29) is 0 Å². The molecule has 18 heavy (non-hydrogen) atoms. The van der Waals surface area contributed by atoms with E-state index < -0.39 is 0 Å². The summed E-state index contributed by atoms with van der Waals surface area (Å²) >= 11 is 0. The highest BCUT2D eigenvalue weighted by Crippen LogP contribution is 2.23. The molecule has 109 valence electrons. The van der Waals surface area contributed by atoms with E-state index in [0.717, 1.165) is 12.3 Å². The highest BCUT2D eigenvalue weighted by atomic mass is 14.1. The van der Waals surface area contributed by atoms with Crippen LogP contribution in [0.4, 0.5) is 0 Å². The molecule has 0 N–H and O–H groups in total. The van der Waals surface area contributed by atoms with Crippen LogP contribution in [0.15, 0.2) is 0 Å². The zero-order valence-corrected chi connectivity index (χ0v) is 13.2. The number of hydrogen-bond acceptors (Lipinski definition) is 0. The van der Waals surface area contributed by atoms with E-state index in [0.29, 0.717) is 0 Å². The topological polar surface area (TPSA) is 0 Å². The summed E-state index contributed by atoms with van der Waals surface area (Å²) in [4.78, 5) is 0. The Morgan fingerprint density at radius 2 is 1.11 bits per heavy atom. The van der Waals surface area contributed by atoms with Crippen LogP contribution in [0.5, 0.6) is 0 Å². The van der Waals surface area contributed by atoms with Gasteiger partial charge in [0.25, 0.3) is 0 Å². The van der Waals surface area contributed by atoms with Crippen LogP contribution in [-0.2, 0) is 0 Å². The molecule has 0 aromatic heterocycles. The van der Waals surface area contributed by atoms with Gasteiger partial charge in [-0.15, -0.1) is 0 Å². The van der Waals surface area contributed by atoms with Gasteiger partial charge in [0, 0.05) is 0 Å². The highest BCUT2D eigenvalue weighted by Gasteiger charge is 2.07. The Bertz CT molecular complexity index is 139. The van der Waals surface area contributed by atoms with Crippen LogP contribution in [0.3, 0.4) is 0 Å². The van der Waals surface area contributed by atoms with Crippen molar-refractivity contribution >= 4 is 0 Å². The van der Waals surface area contributed by atoms with Crippen molar-refractivity contribution in [2.75, 3.05) is 0 Å². The fourth-order valence-corrected chi connectivity index (χ4v) is 2.75. The SMILES string of the molecule is [CH2]CCCCCC(CCCC)CCCCCCC. The summed E-state index contributed by atoms with van der Waals surface area (Å²) in [5.74, 6) is 1.02. The Morgan fingerprint density at radius 3 is 1.67 bits per heavy atom. The smallest absolute Gasteiger partial charge is 0.0414 e. The van der Waals surface area contributed by atoms with E-state index in [1.807, 2.05) is 0 Å². The van der Waals surface area contributed by atoms with Crippen LogP contribution < -0.4 is 0 Å². The molecule has 0 amide bonds. The van der Waals surface area contributed by atoms with Crippen LogP contribution in [0.2, 0.25) is 0 Å². The van der Waals surface area contributed by atoms with Gasteiger partial charge in [-0.25, -0.2) is 0 Å². The molecule has 0 saturated carbocycles. The van der Waals surface area contributed by atoms with E-state index in [4.69, 9.17) is 0 Å². The van der Waals surface area contributed by atoms with Gasteiger partial charge < -0.3 is 0 Å². The molecule has 1 radical (unpaired) electrons.